The lowest BCUT2D eigenvalue weighted by molar-refractivity contribution is -0.121. The second kappa shape index (κ2) is 6.21. The molecule has 0 bridgehead atoms. The molecular weight excluding hydrogens is 288 g/mol. The van der Waals surface area contributed by atoms with Crippen molar-refractivity contribution in [3.05, 3.63) is 47.9 Å². The van der Waals surface area contributed by atoms with Crippen molar-refractivity contribution >= 4 is 11.8 Å². The standard InChI is InChI=1S/C15H14N2O5/c18-14(6-4-11-2-1-7-20-11)16-17-15(19)10-3-5-12-13(8-10)22-9-21-12/h1-3,5,7-8H,4,6,9H2,(H,16,18)(H,17,19). The summed E-state index contributed by atoms with van der Waals surface area (Å²) in [6, 6.07) is 8.35. The van der Waals surface area contributed by atoms with Crippen molar-refractivity contribution in [2.45, 2.75) is 12.8 Å². The molecular formula is C15H14N2O5. The molecule has 0 fully saturated rings. The summed E-state index contributed by atoms with van der Waals surface area (Å²) < 4.78 is 15.5. The molecule has 7 heteroatoms. The minimum Gasteiger partial charge on any atom is -0.469 e. The molecule has 1 aliphatic heterocycles. The molecule has 0 saturated carbocycles. The third kappa shape index (κ3) is 3.20. The van der Waals surface area contributed by atoms with Crippen molar-refractivity contribution in [1.82, 2.24) is 10.9 Å². The first-order valence-corrected chi connectivity index (χ1v) is 6.73. The van der Waals surface area contributed by atoms with E-state index >= 15 is 0 Å². The van der Waals surface area contributed by atoms with Gasteiger partial charge in [-0.25, -0.2) is 0 Å². The SMILES string of the molecule is O=C(CCc1ccco1)NNC(=O)c1ccc2c(c1)OCO2. The zero-order valence-electron chi connectivity index (χ0n) is 11.6. The van der Waals surface area contributed by atoms with Crippen LogP contribution in [0.4, 0.5) is 0 Å². The van der Waals surface area contributed by atoms with Crippen LogP contribution in [0.15, 0.2) is 41.0 Å². The Hall–Kier alpha value is -2.96. The maximum Gasteiger partial charge on any atom is 0.269 e. The van der Waals surface area contributed by atoms with Crippen molar-refractivity contribution in [3.8, 4) is 11.5 Å². The molecule has 2 amide bonds. The van der Waals surface area contributed by atoms with Crippen molar-refractivity contribution in [3.63, 3.8) is 0 Å². The van der Waals surface area contributed by atoms with E-state index in [9.17, 15) is 9.59 Å². The van der Waals surface area contributed by atoms with Crippen molar-refractivity contribution < 1.29 is 23.5 Å². The minimum atomic E-state index is -0.426. The normalized spacial score (nSPS) is 12.0. The fourth-order valence-corrected chi connectivity index (χ4v) is 1.99. The molecule has 0 atom stereocenters. The van der Waals surface area contributed by atoms with Crippen LogP contribution in [-0.2, 0) is 11.2 Å². The molecule has 1 aliphatic rings. The number of carbonyl (C=O) groups is 2. The number of hydrogen-bond acceptors (Lipinski definition) is 5. The zero-order chi connectivity index (χ0) is 15.4. The molecule has 1 aromatic carbocycles. The highest BCUT2D eigenvalue weighted by Gasteiger charge is 2.16. The molecule has 2 aromatic rings. The van der Waals surface area contributed by atoms with Crippen LogP contribution in [0, 0.1) is 0 Å². The van der Waals surface area contributed by atoms with Gasteiger partial charge in [0, 0.05) is 18.4 Å². The number of carbonyl (C=O) groups excluding carboxylic acids is 2. The molecule has 114 valence electrons. The van der Waals surface area contributed by atoms with Crippen LogP contribution >= 0.6 is 0 Å². The average molecular weight is 302 g/mol. The molecule has 2 heterocycles. The highest BCUT2D eigenvalue weighted by molar-refractivity contribution is 5.96. The lowest BCUT2D eigenvalue weighted by Crippen LogP contribution is -2.41. The maximum absolute atomic E-state index is 11.9. The molecule has 0 radical (unpaired) electrons. The van der Waals surface area contributed by atoms with Gasteiger partial charge in [-0.2, -0.15) is 0 Å². The molecule has 7 nitrogen and oxygen atoms in total. The third-order valence-electron chi connectivity index (χ3n) is 3.13. The number of nitrogens with one attached hydrogen (secondary N) is 2. The van der Waals surface area contributed by atoms with Gasteiger partial charge >= 0.3 is 0 Å². The Morgan fingerprint density at radius 1 is 1.09 bits per heavy atom. The van der Waals surface area contributed by atoms with Gasteiger partial charge in [-0.3, -0.25) is 20.4 Å². The highest BCUT2D eigenvalue weighted by atomic mass is 16.7. The van der Waals surface area contributed by atoms with Gasteiger partial charge in [0.2, 0.25) is 12.7 Å². The Balaban J connectivity index is 1.48. The minimum absolute atomic E-state index is 0.143. The molecule has 0 unspecified atom stereocenters. The Labute approximate surface area is 126 Å². The molecule has 2 N–H and O–H groups in total. The molecule has 0 aliphatic carbocycles. The van der Waals surface area contributed by atoms with Crippen LogP contribution in [0.2, 0.25) is 0 Å². The van der Waals surface area contributed by atoms with Gasteiger partial charge < -0.3 is 13.9 Å². The quantitative estimate of drug-likeness (QED) is 0.833. The summed E-state index contributed by atoms with van der Waals surface area (Å²) in [5, 5.41) is 0. The lowest BCUT2D eigenvalue weighted by atomic mass is 10.2. The van der Waals surface area contributed by atoms with Gasteiger partial charge in [-0.15, -0.1) is 0 Å². The molecule has 0 saturated heterocycles. The number of hydrogen-bond donors (Lipinski definition) is 2. The first-order chi connectivity index (χ1) is 10.7. The fourth-order valence-electron chi connectivity index (χ4n) is 1.99. The van der Waals surface area contributed by atoms with E-state index < -0.39 is 5.91 Å². The first-order valence-electron chi connectivity index (χ1n) is 6.73. The summed E-state index contributed by atoms with van der Waals surface area (Å²) in [6.07, 6.45) is 2.24. The number of furan rings is 1. The largest absolute Gasteiger partial charge is 0.469 e. The zero-order valence-corrected chi connectivity index (χ0v) is 11.6. The second-order valence-electron chi connectivity index (χ2n) is 4.65. The van der Waals surface area contributed by atoms with E-state index in [2.05, 4.69) is 10.9 Å². The smallest absolute Gasteiger partial charge is 0.269 e. The Kier molecular flexibility index (Phi) is 3.95. The van der Waals surface area contributed by atoms with E-state index in [0.29, 0.717) is 23.5 Å². The lowest BCUT2D eigenvalue weighted by Gasteiger charge is -2.07. The summed E-state index contributed by atoms with van der Waals surface area (Å²) in [7, 11) is 0. The van der Waals surface area contributed by atoms with Gasteiger partial charge in [0.1, 0.15) is 5.76 Å². The second-order valence-corrected chi connectivity index (χ2v) is 4.65. The molecule has 22 heavy (non-hydrogen) atoms. The maximum atomic E-state index is 11.9. The van der Waals surface area contributed by atoms with Crippen LogP contribution < -0.4 is 20.3 Å². The number of rotatable bonds is 4. The predicted octanol–water partition coefficient (Wildman–Crippen LogP) is 1.40. The number of fused-ring (bicyclic) bond motifs is 1. The Morgan fingerprint density at radius 2 is 1.95 bits per heavy atom. The fraction of sp³-hybridized carbons (Fsp3) is 0.200. The summed E-state index contributed by atoms with van der Waals surface area (Å²) >= 11 is 0. The highest BCUT2D eigenvalue weighted by Crippen LogP contribution is 2.32. The first kappa shape index (κ1) is 14.0. The topological polar surface area (TPSA) is 89.8 Å². The van der Waals surface area contributed by atoms with E-state index in [1.54, 1.807) is 36.6 Å². The Morgan fingerprint density at radius 3 is 2.77 bits per heavy atom. The van der Waals surface area contributed by atoms with Crippen LogP contribution in [0.3, 0.4) is 0 Å². The van der Waals surface area contributed by atoms with E-state index in [1.807, 2.05) is 0 Å². The summed E-state index contributed by atoms with van der Waals surface area (Å²) in [4.78, 5) is 23.6. The van der Waals surface area contributed by atoms with Crippen LogP contribution in [0.5, 0.6) is 11.5 Å². The summed E-state index contributed by atoms with van der Waals surface area (Å²) in [5.74, 6) is 1.10. The Bertz CT molecular complexity index is 681. The summed E-state index contributed by atoms with van der Waals surface area (Å²) in [6.45, 7) is 0.143. The summed E-state index contributed by atoms with van der Waals surface area (Å²) in [5.41, 5.74) is 5.08. The van der Waals surface area contributed by atoms with E-state index in [1.165, 1.54) is 0 Å². The molecule has 1 aromatic heterocycles. The van der Waals surface area contributed by atoms with Crippen LogP contribution in [-0.4, -0.2) is 18.6 Å². The van der Waals surface area contributed by atoms with Crippen LogP contribution in [0.25, 0.3) is 0 Å². The average Bonchev–Trinajstić information content (AvgIpc) is 3.20. The van der Waals surface area contributed by atoms with Crippen molar-refractivity contribution in [1.29, 1.82) is 0 Å². The third-order valence-corrected chi connectivity index (χ3v) is 3.13. The predicted molar refractivity (Wildman–Crippen MR) is 75.2 cm³/mol. The van der Waals surface area contributed by atoms with Gasteiger partial charge in [-0.05, 0) is 30.3 Å². The van der Waals surface area contributed by atoms with Crippen LogP contribution in [0.1, 0.15) is 22.5 Å². The van der Waals surface area contributed by atoms with E-state index in [-0.39, 0.29) is 19.1 Å². The number of aryl methyl sites for hydroxylation is 1. The van der Waals surface area contributed by atoms with Gasteiger partial charge in [0.25, 0.3) is 5.91 Å². The van der Waals surface area contributed by atoms with Gasteiger partial charge in [-0.1, -0.05) is 0 Å². The number of benzene rings is 1. The van der Waals surface area contributed by atoms with Gasteiger partial charge in [0.15, 0.2) is 11.5 Å². The molecule has 0 spiro atoms. The van der Waals surface area contributed by atoms with Gasteiger partial charge in [0.05, 0.1) is 6.26 Å². The number of amides is 2. The monoisotopic (exact) mass is 302 g/mol. The number of ether oxygens (including phenoxy) is 2. The van der Waals surface area contributed by atoms with E-state index in [4.69, 9.17) is 13.9 Å². The van der Waals surface area contributed by atoms with Crippen molar-refractivity contribution in [2.75, 3.05) is 6.79 Å². The van der Waals surface area contributed by atoms with E-state index in [0.717, 1.165) is 5.76 Å². The number of hydrazine groups is 1. The molecule has 3 rings (SSSR count). The van der Waals surface area contributed by atoms with Crippen molar-refractivity contribution in [2.24, 2.45) is 0 Å².